The van der Waals surface area contributed by atoms with Crippen LogP contribution >= 0.6 is 0 Å². The number of carbonyl (C=O) groups is 1. The Hall–Kier alpha value is -3.31. The van der Waals surface area contributed by atoms with Crippen LogP contribution in [-0.4, -0.2) is 77.0 Å². The number of alkyl halides is 1. The molecule has 0 unspecified atom stereocenters. The SMILES string of the molecule is CO[C@H]1CCN(c2nccc(Nc3cc4c(cn3)c(C(=O)NC3CCNCC3)cn4C3CCCC3)n2)C[C@H]1F. The standard InChI is InChI=1S/C28H37FN8O2/c1-39-24-9-13-36(17-22(24)29)28-31-12-8-25(35-28)34-26-14-23-20(15-32-26)21(16-37(23)19-4-2-3-5-19)27(38)33-18-6-10-30-11-7-18/h8,12,14-16,18-19,22,24,30H,2-7,9-11,13,17H2,1H3,(H,33,38)(H,31,32,34,35)/t22-,24+/m1/s1. The first kappa shape index (κ1) is 25.9. The average Bonchev–Trinajstić information content (AvgIpc) is 3.62. The van der Waals surface area contributed by atoms with Crippen molar-refractivity contribution >= 4 is 34.4 Å². The van der Waals surface area contributed by atoms with Crippen molar-refractivity contribution in [3.8, 4) is 0 Å². The lowest BCUT2D eigenvalue weighted by Gasteiger charge is -2.33. The first-order chi connectivity index (χ1) is 19.1. The molecule has 208 valence electrons. The number of methoxy groups -OCH3 is 1. The summed E-state index contributed by atoms with van der Waals surface area (Å²) < 4.78 is 22.0. The number of pyridine rings is 1. The van der Waals surface area contributed by atoms with Crippen LogP contribution in [0.25, 0.3) is 10.9 Å². The monoisotopic (exact) mass is 536 g/mol. The highest BCUT2D eigenvalue weighted by atomic mass is 19.1. The van der Waals surface area contributed by atoms with Crippen molar-refractivity contribution in [3.63, 3.8) is 0 Å². The van der Waals surface area contributed by atoms with Crippen molar-refractivity contribution in [2.45, 2.75) is 69.3 Å². The van der Waals surface area contributed by atoms with Crippen molar-refractivity contribution in [2.75, 3.05) is 43.5 Å². The highest BCUT2D eigenvalue weighted by Crippen LogP contribution is 2.35. The van der Waals surface area contributed by atoms with Gasteiger partial charge in [-0.3, -0.25) is 4.79 Å². The van der Waals surface area contributed by atoms with Gasteiger partial charge in [-0.05, 0) is 51.3 Å². The summed E-state index contributed by atoms with van der Waals surface area (Å²) in [5, 5.41) is 10.7. The predicted molar refractivity (Wildman–Crippen MR) is 148 cm³/mol. The number of ether oxygens (including phenoxy) is 1. The van der Waals surface area contributed by atoms with Crippen LogP contribution in [0.3, 0.4) is 0 Å². The number of rotatable bonds is 7. The van der Waals surface area contributed by atoms with Gasteiger partial charge in [-0.1, -0.05) is 12.8 Å². The molecule has 10 nitrogen and oxygen atoms in total. The number of halogens is 1. The van der Waals surface area contributed by atoms with Crippen LogP contribution in [0, 0.1) is 0 Å². The Kier molecular flexibility index (Phi) is 7.60. The van der Waals surface area contributed by atoms with Crippen LogP contribution in [0.15, 0.2) is 30.7 Å². The summed E-state index contributed by atoms with van der Waals surface area (Å²) in [6.45, 7) is 2.68. The van der Waals surface area contributed by atoms with Gasteiger partial charge in [-0.15, -0.1) is 0 Å². The molecule has 2 aliphatic heterocycles. The van der Waals surface area contributed by atoms with E-state index in [1.165, 1.54) is 12.8 Å². The molecular formula is C28H37FN8O2. The number of aromatic nitrogens is 4. The van der Waals surface area contributed by atoms with Crippen LogP contribution in [-0.2, 0) is 4.74 Å². The lowest BCUT2D eigenvalue weighted by molar-refractivity contribution is 0.0194. The van der Waals surface area contributed by atoms with Gasteiger partial charge in [-0.2, -0.15) is 4.98 Å². The largest absolute Gasteiger partial charge is 0.378 e. The zero-order valence-electron chi connectivity index (χ0n) is 22.4. The second-order valence-corrected chi connectivity index (χ2v) is 10.9. The summed E-state index contributed by atoms with van der Waals surface area (Å²) in [6.07, 6.45) is 11.1. The molecule has 3 aromatic heterocycles. The summed E-state index contributed by atoms with van der Waals surface area (Å²) in [5.74, 6) is 1.66. The molecule has 39 heavy (non-hydrogen) atoms. The van der Waals surface area contributed by atoms with Crippen molar-refractivity contribution in [2.24, 2.45) is 0 Å². The topological polar surface area (TPSA) is 109 Å². The number of nitrogens with one attached hydrogen (secondary N) is 3. The van der Waals surface area contributed by atoms with Gasteiger partial charge < -0.3 is 30.2 Å². The predicted octanol–water partition coefficient (Wildman–Crippen LogP) is 3.73. The number of amides is 1. The third-order valence-electron chi connectivity index (χ3n) is 8.32. The molecule has 0 spiro atoms. The smallest absolute Gasteiger partial charge is 0.253 e. The van der Waals surface area contributed by atoms with E-state index in [-0.39, 0.29) is 24.6 Å². The van der Waals surface area contributed by atoms with Crippen LogP contribution in [0.4, 0.5) is 22.0 Å². The Morgan fingerprint density at radius 2 is 1.95 bits per heavy atom. The van der Waals surface area contributed by atoms with Crippen molar-refractivity contribution in [3.05, 3.63) is 36.3 Å². The van der Waals surface area contributed by atoms with Crippen LogP contribution < -0.4 is 20.9 Å². The third kappa shape index (κ3) is 5.56. The van der Waals surface area contributed by atoms with Gasteiger partial charge >= 0.3 is 0 Å². The van der Waals surface area contributed by atoms with E-state index in [2.05, 4.69) is 35.5 Å². The number of nitrogens with zero attached hydrogens (tertiary/aromatic N) is 5. The number of fused-ring (bicyclic) bond motifs is 1. The van der Waals surface area contributed by atoms with E-state index in [0.29, 0.717) is 42.2 Å². The highest BCUT2D eigenvalue weighted by molar-refractivity contribution is 6.07. The summed E-state index contributed by atoms with van der Waals surface area (Å²) in [5.41, 5.74) is 1.67. The van der Waals surface area contributed by atoms with Crippen molar-refractivity contribution in [1.29, 1.82) is 0 Å². The Morgan fingerprint density at radius 3 is 2.72 bits per heavy atom. The minimum absolute atomic E-state index is 0.0324. The Bertz CT molecular complexity index is 1300. The summed E-state index contributed by atoms with van der Waals surface area (Å²) in [4.78, 5) is 28.8. The quantitative estimate of drug-likeness (QED) is 0.419. The number of anilines is 3. The molecule has 0 aromatic carbocycles. The zero-order chi connectivity index (χ0) is 26.8. The molecule has 1 aliphatic carbocycles. The molecule has 6 rings (SSSR count). The van der Waals surface area contributed by atoms with Gasteiger partial charge in [-0.25, -0.2) is 14.4 Å². The Morgan fingerprint density at radius 1 is 1.13 bits per heavy atom. The lowest BCUT2D eigenvalue weighted by Crippen LogP contribution is -2.46. The van der Waals surface area contributed by atoms with E-state index >= 15 is 0 Å². The third-order valence-corrected chi connectivity index (χ3v) is 8.32. The molecule has 5 heterocycles. The molecule has 3 aliphatic rings. The minimum atomic E-state index is -1.09. The maximum absolute atomic E-state index is 14.5. The van der Waals surface area contributed by atoms with Gasteiger partial charge in [0.1, 0.15) is 17.8 Å². The number of carbonyl (C=O) groups excluding carboxylic acids is 1. The second kappa shape index (κ2) is 11.4. The molecule has 0 radical (unpaired) electrons. The zero-order valence-corrected chi connectivity index (χ0v) is 22.4. The molecule has 11 heteroatoms. The van der Waals surface area contributed by atoms with E-state index in [4.69, 9.17) is 4.74 Å². The number of hydrogen-bond donors (Lipinski definition) is 3. The van der Waals surface area contributed by atoms with Crippen LogP contribution in [0.1, 0.15) is 61.3 Å². The van der Waals surface area contributed by atoms with Gasteiger partial charge in [0.15, 0.2) is 0 Å². The first-order valence-corrected chi connectivity index (χ1v) is 14.1. The molecule has 3 N–H and O–H groups in total. The summed E-state index contributed by atoms with van der Waals surface area (Å²) in [7, 11) is 1.55. The lowest BCUT2D eigenvalue weighted by atomic mass is 10.1. The van der Waals surface area contributed by atoms with Gasteiger partial charge in [0.2, 0.25) is 5.95 Å². The highest BCUT2D eigenvalue weighted by Gasteiger charge is 2.30. The molecule has 1 saturated carbocycles. The molecule has 1 amide bonds. The van der Waals surface area contributed by atoms with E-state index in [1.807, 2.05) is 17.2 Å². The van der Waals surface area contributed by atoms with Crippen molar-refractivity contribution < 1.29 is 13.9 Å². The van der Waals surface area contributed by atoms with E-state index in [1.54, 1.807) is 25.6 Å². The average molecular weight is 537 g/mol. The van der Waals surface area contributed by atoms with Gasteiger partial charge in [0.25, 0.3) is 5.91 Å². The van der Waals surface area contributed by atoms with Crippen LogP contribution in [0.5, 0.6) is 0 Å². The molecule has 0 bridgehead atoms. The fraction of sp³-hybridized carbons (Fsp3) is 0.571. The number of piperidine rings is 2. The second-order valence-electron chi connectivity index (χ2n) is 10.9. The van der Waals surface area contributed by atoms with Gasteiger partial charge in [0.05, 0.1) is 23.7 Å². The summed E-state index contributed by atoms with van der Waals surface area (Å²) >= 11 is 0. The molecular weight excluding hydrogens is 499 g/mol. The maximum atomic E-state index is 14.5. The van der Waals surface area contributed by atoms with Gasteiger partial charge in [0, 0.05) is 55.8 Å². The fourth-order valence-electron chi connectivity index (χ4n) is 6.14. The van der Waals surface area contributed by atoms with E-state index < -0.39 is 6.17 Å². The first-order valence-electron chi connectivity index (χ1n) is 14.1. The van der Waals surface area contributed by atoms with E-state index in [9.17, 15) is 9.18 Å². The van der Waals surface area contributed by atoms with Crippen molar-refractivity contribution in [1.82, 2.24) is 30.2 Å². The fourth-order valence-corrected chi connectivity index (χ4v) is 6.14. The van der Waals surface area contributed by atoms with E-state index in [0.717, 1.165) is 49.7 Å². The molecule has 2 atom stereocenters. The minimum Gasteiger partial charge on any atom is -0.378 e. The Balaban J connectivity index is 1.25. The maximum Gasteiger partial charge on any atom is 0.253 e. The molecule has 3 aromatic rings. The number of hydrogen-bond acceptors (Lipinski definition) is 8. The molecule has 3 fully saturated rings. The molecule has 2 saturated heterocycles. The Labute approximate surface area is 227 Å². The van der Waals surface area contributed by atoms with Crippen LogP contribution in [0.2, 0.25) is 0 Å². The summed E-state index contributed by atoms with van der Waals surface area (Å²) in [6, 6.07) is 4.34. The normalized spacial score (nSPS) is 22.9.